The van der Waals surface area contributed by atoms with Crippen molar-refractivity contribution in [3.05, 3.63) is 48.0 Å². The Morgan fingerprint density at radius 2 is 1.61 bits per heavy atom. The summed E-state index contributed by atoms with van der Waals surface area (Å²) >= 11 is 0. The summed E-state index contributed by atoms with van der Waals surface area (Å²) in [5.74, 6) is 0.596. The van der Waals surface area contributed by atoms with Gasteiger partial charge in [0.25, 0.3) is 0 Å². The summed E-state index contributed by atoms with van der Waals surface area (Å²) in [4.78, 5) is 27.2. The number of amides is 2. The van der Waals surface area contributed by atoms with Gasteiger partial charge in [-0.3, -0.25) is 9.59 Å². The van der Waals surface area contributed by atoms with E-state index in [1.165, 1.54) is 0 Å². The van der Waals surface area contributed by atoms with Crippen LogP contribution in [-0.2, 0) is 16.1 Å². The lowest BCUT2D eigenvalue weighted by Crippen LogP contribution is -2.36. The summed E-state index contributed by atoms with van der Waals surface area (Å²) in [6, 6.07) is 13.1. The SMILES string of the molecule is CCOc1cc(CNC(=O)[C@H]2CCN(c3ccccc3)C2=O)cc(OCC)c1OCC. The number of para-hydroxylation sites is 1. The number of benzene rings is 2. The first kappa shape index (κ1) is 22.5. The molecule has 7 heteroatoms. The zero-order valence-electron chi connectivity index (χ0n) is 18.3. The molecule has 166 valence electrons. The standard InChI is InChI=1S/C24H30N2O5/c1-4-29-20-14-17(15-21(30-5-2)22(20)31-6-3)16-25-23(27)19-12-13-26(24(19)28)18-10-8-7-9-11-18/h7-11,14-15,19H,4-6,12-13,16H2,1-3H3,(H,25,27)/t19-/m1/s1. The molecule has 1 atom stereocenters. The lowest BCUT2D eigenvalue weighted by atomic mass is 10.1. The van der Waals surface area contributed by atoms with Gasteiger partial charge in [0.05, 0.1) is 19.8 Å². The predicted molar refractivity (Wildman–Crippen MR) is 119 cm³/mol. The highest BCUT2D eigenvalue weighted by Crippen LogP contribution is 2.39. The van der Waals surface area contributed by atoms with Gasteiger partial charge in [-0.15, -0.1) is 0 Å². The van der Waals surface area contributed by atoms with Crippen LogP contribution in [0.25, 0.3) is 0 Å². The number of carbonyl (C=O) groups is 2. The summed E-state index contributed by atoms with van der Waals surface area (Å²) in [5, 5.41) is 2.90. The van der Waals surface area contributed by atoms with Crippen LogP contribution >= 0.6 is 0 Å². The molecule has 1 aliphatic heterocycles. The third kappa shape index (κ3) is 5.29. The molecular weight excluding hydrogens is 396 g/mol. The molecule has 0 unspecified atom stereocenters. The second-order valence-electron chi connectivity index (χ2n) is 7.10. The Labute approximate surface area is 183 Å². The van der Waals surface area contributed by atoms with Crippen LogP contribution in [-0.4, -0.2) is 38.2 Å². The van der Waals surface area contributed by atoms with Gasteiger partial charge in [-0.2, -0.15) is 0 Å². The van der Waals surface area contributed by atoms with Crippen molar-refractivity contribution in [1.29, 1.82) is 0 Å². The Bertz CT molecular complexity index is 873. The number of nitrogens with zero attached hydrogens (tertiary/aromatic N) is 1. The highest BCUT2D eigenvalue weighted by atomic mass is 16.5. The Morgan fingerprint density at radius 3 is 2.19 bits per heavy atom. The van der Waals surface area contributed by atoms with Crippen molar-refractivity contribution in [2.24, 2.45) is 5.92 Å². The van der Waals surface area contributed by atoms with Gasteiger partial charge in [0.2, 0.25) is 17.6 Å². The monoisotopic (exact) mass is 426 g/mol. The van der Waals surface area contributed by atoms with E-state index in [-0.39, 0.29) is 18.4 Å². The molecule has 1 fully saturated rings. The van der Waals surface area contributed by atoms with Crippen LogP contribution in [0.3, 0.4) is 0 Å². The minimum Gasteiger partial charge on any atom is -0.490 e. The van der Waals surface area contributed by atoms with Gasteiger partial charge in [0.15, 0.2) is 11.5 Å². The van der Waals surface area contributed by atoms with Gasteiger partial charge in [0, 0.05) is 18.8 Å². The molecular formula is C24H30N2O5. The molecule has 2 aromatic carbocycles. The Balaban J connectivity index is 1.70. The van der Waals surface area contributed by atoms with Gasteiger partial charge in [-0.25, -0.2) is 0 Å². The molecule has 0 radical (unpaired) electrons. The van der Waals surface area contributed by atoms with E-state index in [4.69, 9.17) is 14.2 Å². The maximum absolute atomic E-state index is 12.8. The van der Waals surface area contributed by atoms with Crippen molar-refractivity contribution in [3.8, 4) is 17.2 Å². The van der Waals surface area contributed by atoms with Crippen LogP contribution < -0.4 is 24.4 Å². The zero-order valence-corrected chi connectivity index (χ0v) is 18.3. The second kappa shape index (κ2) is 10.7. The van der Waals surface area contributed by atoms with Crippen LogP contribution in [0.2, 0.25) is 0 Å². The van der Waals surface area contributed by atoms with Crippen molar-refractivity contribution in [1.82, 2.24) is 5.32 Å². The Kier molecular flexibility index (Phi) is 7.76. The van der Waals surface area contributed by atoms with Gasteiger partial charge < -0.3 is 24.4 Å². The highest BCUT2D eigenvalue weighted by molar-refractivity contribution is 6.09. The first-order valence-corrected chi connectivity index (χ1v) is 10.8. The molecule has 1 N–H and O–H groups in total. The van der Waals surface area contributed by atoms with E-state index in [9.17, 15) is 9.59 Å². The molecule has 2 aromatic rings. The van der Waals surface area contributed by atoms with E-state index in [0.717, 1.165) is 11.3 Å². The highest BCUT2D eigenvalue weighted by Gasteiger charge is 2.37. The molecule has 0 saturated carbocycles. The quantitative estimate of drug-likeness (QED) is 0.588. The normalized spacial score (nSPS) is 15.6. The number of hydrogen-bond donors (Lipinski definition) is 1. The minimum atomic E-state index is -0.680. The molecule has 1 heterocycles. The van der Waals surface area contributed by atoms with Crippen LogP contribution in [0.1, 0.15) is 32.8 Å². The fraction of sp³-hybridized carbons (Fsp3) is 0.417. The number of rotatable bonds is 10. The van der Waals surface area contributed by atoms with E-state index in [0.29, 0.717) is 50.0 Å². The van der Waals surface area contributed by atoms with Crippen molar-refractivity contribution in [3.63, 3.8) is 0 Å². The average Bonchev–Trinajstić information content (AvgIpc) is 3.16. The zero-order chi connectivity index (χ0) is 22.2. The molecule has 0 bridgehead atoms. The molecule has 31 heavy (non-hydrogen) atoms. The third-order valence-corrected chi connectivity index (χ3v) is 5.03. The summed E-state index contributed by atoms with van der Waals surface area (Å²) in [5.41, 5.74) is 1.63. The summed E-state index contributed by atoms with van der Waals surface area (Å²) in [7, 11) is 0. The van der Waals surface area contributed by atoms with E-state index >= 15 is 0 Å². The van der Waals surface area contributed by atoms with Gasteiger partial charge >= 0.3 is 0 Å². The Hall–Kier alpha value is -3.22. The van der Waals surface area contributed by atoms with Crippen LogP contribution in [0, 0.1) is 5.92 Å². The summed E-state index contributed by atoms with van der Waals surface area (Å²) in [6.45, 7) is 7.94. The predicted octanol–water partition coefficient (Wildman–Crippen LogP) is 3.55. The number of hydrogen-bond acceptors (Lipinski definition) is 5. The number of ether oxygens (including phenoxy) is 3. The number of carbonyl (C=O) groups excluding carboxylic acids is 2. The maximum Gasteiger partial charge on any atom is 0.239 e. The molecule has 1 saturated heterocycles. The topological polar surface area (TPSA) is 77.1 Å². The summed E-state index contributed by atoms with van der Waals surface area (Å²) in [6.07, 6.45) is 0.497. The maximum atomic E-state index is 12.8. The molecule has 0 aliphatic carbocycles. The van der Waals surface area contributed by atoms with Crippen LogP contribution in [0.4, 0.5) is 5.69 Å². The first-order valence-electron chi connectivity index (χ1n) is 10.8. The number of nitrogens with one attached hydrogen (secondary N) is 1. The van der Waals surface area contributed by atoms with E-state index in [1.54, 1.807) is 4.90 Å². The largest absolute Gasteiger partial charge is 0.490 e. The van der Waals surface area contributed by atoms with Crippen molar-refractivity contribution in [2.75, 3.05) is 31.3 Å². The molecule has 2 amide bonds. The van der Waals surface area contributed by atoms with E-state index in [1.807, 2.05) is 63.2 Å². The first-order chi connectivity index (χ1) is 15.1. The second-order valence-corrected chi connectivity index (χ2v) is 7.10. The molecule has 1 aliphatic rings. The van der Waals surface area contributed by atoms with Gasteiger partial charge in [-0.05, 0) is 57.0 Å². The van der Waals surface area contributed by atoms with Crippen molar-refractivity contribution < 1.29 is 23.8 Å². The molecule has 0 spiro atoms. The molecule has 0 aromatic heterocycles. The van der Waals surface area contributed by atoms with E-state index in [2.05, 4.69) is 5.32 Å². The Morgan fingerprint density at radius 1 is 1.00 bits per heavy atom. The fourth-order valence-corrected chi connectivity index (χ4v) is 3.64. The molecule has 3 rings (SSSR count). The van der Waals surface area contributed by atoms with Crippen LogP contribution in [0.5, 0.6) is 17.2 Å². The smallest absolute Gasteiger partial charge is 0.239 e. The third-order valence-electron chi connectivity index (χ3n) is 5.03. The van der Waals surface area contributed by atoms with Crippen molar-refractivity contribution in [2.45, 2.75) is 33.7 Å². The van der Waals surface area contributed by atoms with Crippen molar-refractivity contribution >= 4 is 17.5 Å². The number of anilines is 1. The fourth-order valence-electron chi connectivity index (χ4n) is 3.64. The van der Waals surface area contributed by atoms with Crippen LogP contribution in [0.15, 0.2) is 42.5 Å². The van der Waals surface area contributed by atoms with E-state index < -0.39 is 5.92 Å². The minimum absolute atomic E-state index is 0.166. The molecule has 7 nitrogen and oxygen atoms in total. The summed E-state index contributed by atoms with van der Waals surface area (Å²) < 4.78 is 17.2. The van der Waals surface area contributed by atoms with Gasteiger partial charge in [-0.1, -0.05) is 18.2 Å². The lowest BCUT2D eigenvalue weighted by molar-refractivity contribution is -0.132. The lowest BCUT2D eigenvalue weighted by Gasteiger charge is -2.18. The average molecular weight is 427 g/mol. The van der Waals surface area contributed by atoms with Gasteiger partial charge in [0.1, 0.15) is 5.92 Å².